The van der Waals surface area contributed by atoms with Gasteiger partial charge in [-0.25, -0.2) is 9.78 Å². The van der Waals surface area contributed by atoms with E-state index in [-0.39, 0.29) is 12.1 Å². The molecule has 0 saturated heterocycles. The molecule has 0 bridgehead atoms. The summed E-state index contributed by atoms with van der Waals surface area (Å²) in [4.78, 5) is 16.4. The van der Waals surface area contributed by atoms with E-state index in [0.717, 1.165) is 37.1 Å². The molecule has 0 spiro atoms. The van der Waals surface area contributed by atoms with Crippen molar-refractivity contribution in [1.29, 1.82) is 0 Å². The molecule has 1 saturated carbocycles. The molecule has 0 radical (unpaired) electrons. The number of rotatable bonds is 5. The fourth-order valence-electron chi connectivity index (χ4n) is 3.00. The number of nitrogens with one attached hydrogen (secondary N) is 2. The number of alkyl carbamates (subject to hydrolysis) is 1. The van der Waals surface area contributed by atoms with Gasteiger partial charge < -0.3 is 15.4 Å². The zero-order valence-corrected chi connectivity index (χ0v) is 15.4. The van der Waals surface area contributed by atoms with Gasteiger partial charge in [-0.15, -0.1) is 11.3 Å². The molecule has 1 aliphatic rings. The van der Waals surface area contributed by atoms with Crippen molar-refractivity contribution in [2.45, 2.75) is 83.5 Å². The maximum absolute atomic E-state index is 11.9. The molecule has 2 rings (SSSR count). The standard InChI is InChI=1S/C17H29N3O2S/c1-5-14(15-18-9-10-23-15)19-12-7-6-8-13(11-12)20-16(21)22-17(2,3)4/h9-10,12-14,19H,5-8,11H2,1-4H3,(H,20,21). The molecule has 3 atom stereocenters. The number of carbonyl (C=O) groups excluding carboxylic acids is 1. The molecule has 23 heavy (non-hydrogen) atoms. The Morgan fingerprint density at radius 1 is 1.43 bits per heavy atom. The summed E-state index contributed by atoms with van der Waals surface area (Å²) >= 11 is 1.70. The molecular weight excluding hydrogens is 310 g/mol. The minimum absolute atomic E-state index is 0.185. The Balaban J connectivity index is 1.84. The van der Waals surface area contributed by atoms with Crippen LogP contribution >= 0.6 is 11.3 Å². The van der Waals surface area contributed by atoms with Gasteiger partial charge in [0.05, 0.1) is 6.04 Å². The Labute approximate surface area is 143 Å². The van der Waals surface area contributed by atoms with E-state index in [1.165, 1.54) is 0 Å². The van der Waals surface area contributed by atoms with E-state index >= 15 is 0 Å². The summed E-state index contributed by atoms with van der Waals surface area (Å²) in [6.45, 7) is 7.84. The molecule has 130 valence electrons. The lowest BCUT2D eigenvalue weighted by atomic mass is 9.90. The van der Waals surface area contributed by atoms with E-state index in [9.17, 15) is 4.79 Å². The zero-order chi connectivity index (χ0) is 16.9. The van der Waals surface area contributed by atoms with Crippen molar-refractivity contribution < 1.29 is 9.53 Å². The van der Waals surface area contributed by atoms with Crippen molar-refractivity contribution in [2.24, 2.45) is 0 Å². The van der Waals surface area contributed by atoms with Gasteiger partial charge in [-0.3, -0.25) is 0 Å². The van der Waals surface area contributed by atoms with E-state index in [1.54, 1.807) is 11.3 Å². The second-order valence-electron chi connectivity index (χ2n) is 7.20. The first kappa shape index (κ1) is 18.2. The molecule has 0 aliphatic heterocycles. The highest BCUT2D eigenvalue weighted by molar-refractivity contribution is 7.09. The third-order valence-electron chi connectivity index (χ3n) is 3.99. The third kappa shape index (κ3) is 6.11. The van der Waals surface area contributed by atoms with Gasteiger partial charge in [0.15, 0.2) is 0 Å². The summed E-state index contributed by atoms with van der Waals surface area (Å²) in [5, 5.41) is 9.90. The van der Waals surface area contributed by atoms with Crippen LogP contribution in [0.3, 0.4) is 0 Å². The number of aromatic nitrogens is 1. The van der Waals surface area contributed by atoms with Gasteiger partial charge in [-0.1, -0.05) is 6.92 Å². The summed E-state index contributed by atoms with van der Waals surface area (Å²) in [6, 6.07) is 0.905. The summed E-state index contributed by atoms with van der Waals surface area (Å²) in [5.41, 5.74) is -0.450. The van der Waals surface area contributed by atoms with Gasteiger partial charge in [0.2, 0.25) is 0 Å². The van der Waals surface area contributed by atoms with Crippen LogP contribution in [0.2, 0.25) is 0 Å². The van der Waals surface area contributed by atoms with Crippen LogP contribution in [-0.2, 0) is 4.74 Å². The number of nitrogens with zero attached hydrogens (tertiary/aromatic N) is 1. The highest BCUT2D eigenvalue weighted by Crippen LogP contribution is 2.25. The monoisotopic (exact) mass is 339 g/mol. The SMILES string of the molecule is CCC(NC1CCCC(NC(=O)OC(C)(C)C)C1)c1nccs1. The molecule has 1 heterocycles. The van der Waals surface area contributed by atoms with Crippen LogP contribution in [0.15, 0.2) is 11.6 Å². The molecule has 1 fully saturated rings. The summed E-state index contributed by atoms with van der Waals surface area (Å²) in [5.74, 6) is 0. The molecule has 2 N–H and O–H groups in total. The van der Waals surface area contributed by atoms with Crippen molar-refractivity contribution >= 4 is 17.4 Å². The number of amides is 1. The summed E-state index contributed by atoms with van der Waals surface area (Å²) < 4.78 is 5.36. The van der Waals surface area contributed by atoms with Gasteiger partial charge in [0.25, 0.3) is 0 Å². The fraction of sp³-hybridized carbons (Fsp3) is 0.765. The van der Waals surface area contributed by atoms with Crippen molar-refractivity contribution in [3.8, 4) is 0 Å². The molecular formula is C17H29N3O2S. The van der Waals surface area contributed by atoms with Crippen molar-refractivity contribution in [2.75, 3.05) is 0 Å². The first-order valence-electron chi connectivity index (χ1n) is 8.52. The lowest BCUT2D eigenvalue weighted by Gasteiger charge is -2.33. The highest BCUT2D eigenvalue weighted by atomic mass is 32.1. The normalized spacial score (nSPS) is 23.3. The Hall–Kier alpha value is -1.14. The van der Waals surface area contributed by atoms with Gasteiger partial charge in [-0.2, -0.15) is 0 Å². The van der Waals surface area contributed by atoms with E-state index < -0.39 is 5.60 Å². The predicted octanol–water partition coefficient (Wildman–Crippen LogP) is 4.02. The van der Waals surface area contributed by atoms with Crippen LogP contribution in [0, 0.1) is 0 Å². The van der Waals surface area contributed by atoms with Gasteiger partial charge >= 0.3 is 6.09 Å². The minimum atomic E-state index is -0.450. The topological polar surface area (TPSA) is 63.2 Å². The van der Waals surface area contributed by atoms with Crippen LogP contribution in [0.5, 0.6) is 0 Å². The number of thiazole rings is 1. The average molecular weight is 340 g/mol. The average Bonchev–Trinajstić information content (AvgIpc) is 2.97. The van der Waals surface area contributed by atoms with Crippen LogP contribution in [0.4, 0.5) is 4.79 Å². The van der Waals surface area contributed by atoms with Gasteiger partial charge in [-0.05, 0) is 52.9 Å². The largest absolute Gasteiger partial charge is 0.444 e. The Morgan fingerprint density at radius 2 is 2.17 bits per heavy atom. The molecule has 6 heteroatoms. The maximum atomic E-state index is 11.9. The van der Waals surface area contributed by atoms with Crippen molar-refractivity contribution in [1.82, 2.24) is 15.6 Å². The molecule has 5 nitrogen and oxygen atoms in total. The van der Waals surface area contributed by atoms with Crippen LogP contribution in [-0.4, -0.2) is 28.8 Å². The quantitative estimate of drug-likeness (QED) is 0.850. The number of ether oxygens (including phenoxy) is 1. The van der Waals surface area contributed by atoms with E-state index in [0.29, 0.717) is 12.1 Å². The first-order valence-corrected chi connectivity index (χ1v) is 9.40. The number of hydrogen-bond acceptors (Lipinski definition) is 5. The van der Waals surface area contributed by atoms with Gasteiger partial charge in [0, 0.05) is 23.7 Å². The number of hydrogen-bond donors (Lipinski definition) is 2. The number of carbonyl (C=O) groups is 1. The maximum Gasteiger partial charge on any atom is 0.407 e. The van der Waals surface area contributed by atoms with Crippen molar-refractivity contribution in [3.63, 3.8) is 0 Å². The summed E-state index contributed by atoms with van der Waals surface area (Å²) in [7, 11) is 0. The van der Waals surface area contributed by atoms with Crippen molar-refractivity contribution in [3.05, 3.63) is 16.6 Å². The van der Waals surface area contributed by atoms with Gasteiger partial charge in [0.1, 0.15) is 10.6 Å². The van der Waals surface area contributed by atoms with Crippen LogP contribution in [0.25, 0.3) is 0 Å². The lowest BCUT2D eigenvalue weighted by Crippen LogP contribution is -2.46. The minimum Gasteiger partial charge on any atom is -0.444 e. The van der Waals surface area contributed by atoms with E-state index in [2.05, 4.69) is 22.5 Å². The highest BCUT2D eigenvalue weighted by Gasteiger charge is 2.27. The van der Waals surface area contributed by atoms with Crippen LogP contribution < -0.4 is 10.6 Å². The third-order valence-corrected chi connectivity index (χ3v) is 4.88. The Bertz CT molecular complexity index is 485. The predicted molar refractivity (Wildman–Crippen MR) is 93.7 cm³/mol. The molecule has 1 aromatic heterocycles. The Kier molecular flexibility index (Phi) is 6.41. The Morgan fingerprint density at radius 3 is 2.78 bits per heavy atom. The summed E-state index contributed by atoms with van der Waals surface area (Å²) in [6.07, 6.45) is 6.80. The zero-order valence-electron chi connectivity index (χ0n) is 14.6. The molecule has 1 aliphatic carbocycles. The lowest BCUT2D eigenvalue weighted by molar-refractivity contribution is 0.0488. The molecule has 0 aromatic carbocycles. The fourth-order valence-corrected chi connectivity index (χ4v) is 3.78. The van der Waals surface area contributed by atoms with E-state index in [1.807, 2.05) is 32.3 Å². The molecule has 1 aromatic rings. The smallest absolute Gasteiger partial charge is 0.407 e. The first-order chi connectivity index (χ1) is 10.9. The molecule has 1 amide bonds. The van der Waals surface area contributed by atoms with Crippen LogP contribution in [0.1, 0.15) is 70.8 Å². The molecule has 3 unspecified atom stereocenters. The second-order valence-corrected chi connectivity index (χ2v) is 8.13. The second kappa shape index (κ2) is 8.11. The van der Waals surface area contributed by atoms with E-state index in [4.69, 9.17) is 4.74 Å².